The fraction of sp³-hybridized carbons (Fsp3) is 0.409. The number of carbonyl (C=O) groups is 1. The maximum absolute atomic E-state index is 12.0. The smallest absolute Gasteiger partial charge is 0.175 e. The molecule has 2 aromatic carbocycles. The number of carbonyl (C=O) groups excluding carboxylic acids is 1. The molecule has 4 nitrogen and oxygen atoms in total. The summed E-state index contributed by atoms with van der Waals surface area (Å²) in [5.41, 5.74) is 0.954. The number of ketones is 1. The summed E-state index contributed by atoms with van der Waals surface area (Å²) >= 11 is 6.72. The third-order valence-corrected chi connectivity index (χ3v) is 5.99. The average Bonchev–Trinajstić information content (AvgIpc) is 2.63. The van der Waals surface area contributed by atoms with E-state index < -0.39 is 11.5 Å². The minimum Gasteiger partial charge on any atom is -0.492 e. The van der Waals surface area contributed by atoms with Gasteiger partial charge in [0.05, 0.1) is 23.7 Å². The van der Waals surface area contributed by atoms with Crippen molar-refractivity contribution in [2.24, 2.45) is 10.8 Å². The Morgan fingerprint density at radius 1 is 0.929 bits per heavy atom. The number of aliphatic hydroxyl groups is 1. The minimum atomic E-state index is -0.445. The Bertz CT molecular complexity index is 905. The van der Waals surface area contributed by atoms with Crippen LogP contribution in [0.4, 0.5) is 0 Å². The summed E-state index contributed by atoms with van der Waals surface area (Å²) in [6.07, 6.45) is -0.445. The molecule has 0 fully saturated rings. The van der Waals surface area contributed by atoms with Crippen LogP contribution in [0.5, 0.6) is 11.5 Å². The molecule has 4 rings (SSSR count). The summed E-state index contributed by atoms with van der Waals surface area (Å²) < 4.78 is 13.0. The van der Waals surface area contributed by atoms with E-state index in [-0.39, 0.29) is 11.2 Å². The number of Topliss-reactive ketones (excluding diaryl/α,β-unsaturated/α-hetero) is 1. The van der Waals surface area contributed by atoms with Gasteiger partial charge in [0.2, 0.25) is 0 Å². The fourth-order valence-corrected chi connectivity index (χ4v) is 3.79. The molecule has 150 valence electrons. The Balaban J connectivity index is 0.000000161. The largest absolute Gasteiger partial charge is 0.492 e. The van der Waals surface area contributed by atoms with Gasteiger partial charge in [0.25, 0.3) is 0 Å². The lowest BCUT2D eigenvalue weighted by molar-refractivity contribution is -0.00722. The zero-order chi connectivity index (χ0) is 20.7. The number of hydrogen-bond acceptors (Lipinski definition) is 4. The number of fused-ring (bicyclic) bond motifs is 2. The molecule has 0 aromatic heterocycles. The molecule has 2 aliphatic heterocycles. The molecule has 0 saturated heterocycles. The summed E-state index contributed by atoms with van der Waals surface area (Å²) in [6, 6.07) is 11.2. The van der Waals surface area contributed by atoms with Gasteiger partial charge >= 0.3 is 0 Å². The van der Waals surface area contributed by atoms with Gasteiger partial charge in [-0.05, 0) is 44.2 Å². The highest BCUT2D eigenvalue weighted by Crippen LogP contribution is 2.43. The molecule has 0 spiro atoms. The summed E-state index contributed by atoms with van der Waals surface area (Å²) in [4.78, 5) is 12.0. The third-order valence-electron chi connectivity index (χ3n) is 5.00. The van der Waals surface area contributed by atoms with E-state index in [4.69, 9.17) is 9.47 Å². The van der Waals surface area contributed by atoms with Gasteiger partial charge in [-0.1, -0.05) is 51.8 Å². The first-order chi connectivity index (χ1) is 13.0. The summed E-state index contributed by atoms with van der Waals surface area (Å²) in [6.45, 7) is 8.82. The van der Waals surface area contributed by atoms with Crippen LogP contribution in [0.1, 0.15) is 49.7 Å². The van der Waals surface area contributed by atoms with Crippen LogP contribution in [0.2, 0.25) is 0 Å². The Morgan fingerprint density at radius 3 is 2.18 bits per heavy atom. The minimum absolute atomic E-state index is 0.159. The summed E-state index contributed by atoms with van der Waals surface area (Å²) in [5, 5.41) is 10.1. The van der Waals surface area contributed by atoms with Gasteiger partial charge in [-0.3, -0.25) is 4.79 Å². The summed E-state index contributed by atoms with van der Waals surface area (Å²) in [7, 11) is 0. The second kappa shape index (κ2) is 7.81. The number of benzene rings is 2. The predicted molar refractivity (Wildman–Crippen MR) is 116 cm³/mol. The third kappa shape index (κ3) is 4.29. The molecule has 1 N–H and O–H groups in total. The van der Waals surface area contributed by atoms with E-state index in [0.717, 1.165) is 20.3 Å². The van der Waals surface area contributed by atoms with Crippen LogP contribution in [0.3, 0.4) is 0 Å². The molecule has 6 heteroatoms. The zero-order valence-corrected chi connectivity index (χ0v) is 19.6. The van der Waals surface area contributed by atoms with Crippen LogP contribution in [-0.4, -0.2) is 24.1 Å². The molecule has 1 unspecified atom stereocenters. The molecule has 0 bridgehead atoms. The van der Waals surface area contributed by atoms with Gasteiger partial charge in [-0.15, -0.1) is 0 Å². The van der Waals surface area contributed by atoms with Crippen molar-refractivity contribution in [1.29, 1.82) is 0 Å². The lowest BCUT2D eigenvalue weighted by Gasteiger charge is -2.36. The standard InChI is InChI=1S/C11H13BrO2.C11H11BrO2/c2*1-11(2)6-14-9-5-7(12)3-4-8(9)10(11)13/h3-5,10,13H,6H2,1-2H3;3-5H,6H2,1-2H3. The molecule has 2 heterocycles. The van der Waals surface area contributed by atoms with Crippen molar-refractivity contribution in [3.05, 3.63) is 56.5 Å². The number of aliphatic hydroxyl groups excluding tert-OH is 1. The second-order valence-electron chi connectivity index (χ2n) is 8.50. The zero-order valence-electron chi connectivity index (χ0n) is 16.4. The SMILES string of the molecule is CC1(C)COc2cc(Br)ccc2C1=O.CC1(C)COc2cc(Br)ccc2C1O. The molecule has 0 radical (unpaired) electrons. The van der Waals surface area contributed by atoms with Crippen LogP contribution in [0, 0.1) is 10.8 Å². The maximum Gasteiger partial charge on any atom is 0.175 e. The van der Waals surface area contributed by atoms with Crippen molar-refractivity contribution in [3.8, 4) is 11.5 Å². The van der Waals surface area contributed by atoms with E-state index >= 15 is 0 Å². The first kappa shape index (κ1) is 21.3. The maximum atomic E-state index is 12.0. The molecule has 1 atom stereocenters. The first-order valence-corrected chi connectivity index (χ1v) is 10.7. The van der Waals surface area contributed by atoms with Crippen LogP contribution in [0.25, 0.3) is 0 Å². The van der Waals surface area contributed by atoms with Gasteiger partial charge in [0, 0.05) is 19.9 Å². The van der Waals surface area contributed by atoms with E-state index in [2.05, 4.69) is 31.9 Å². The average molecular weight is 512 g/mol. The van der Waals surface area contributed by atoms with Crippen molar-refractivity contribution in [2.45, 2.75) is 33.8 Å². The lowest BCUT2D eigenvalue weighted by Crippen LogP contribution is -2.35. The van der Waals surface area contributed by atoms with Crippen molar-refractivity contribution in [2.75, 3.05) is 13.2 Å². The molecule has 2 aliphatic rings. The number of rotatable bonds is 0. The van der Waals surface area contributed by atoms with Gasteiger partial charge in [0.1, 0.15) is 18.1 Å². The topological polar surface area (TPSA) is 55.8 Å². The molecular weight excluding hydrogens is 488 g/mol. The van der Waals surface area contributed by atoms with Crippen LogP contribution >= 0.6 is 31.9 Å². The molecule has 2 aromatic rings. The van der Waals surface area contributed by atoms with Crippen molar-refractivity contribution >= 4 is 37.6 Å². The highest BCUT2D eigenvalue weighted by molar-refractivity contribution is 9.10. The monoisotopic (exact) mass is 510 g/mol. The van der Waals surface area contributed by atoms with Crippen molar-refractivity contribution < 1.29 is 19.4 Å². The van der Waals surface area contributed by atoms with E-state index in [9.17, 15) is 9.90 Å². The Hall–Kier alpha value is -1.37. The normalized spacial score (nSPS) is 21.2. The second-order valence-corrected chi connectivity index (χ2v) is 10.3. The number of ether oxygens (including phenoxy) is 2. The van der Waals surface area contributed by atoms with Gasteiger partial charge in [-0.25, -0.2) is 0 Å². The Morgan fingerprint density at radius 2 is 1.50 bits per heavy atom. The van der Waals surface area contributed by atoms with E-state index in [1.54, 1.807) is 0 Å². The highest BCUT2D eigenvalue weighted by atomic mass is 79.9. The molecule has 0 amide bonds. The van der Waals surface area contributed by atoms with E-state index in [1.807, 2.05) is 64.1 Å². The van der Waals surface area contributed by atoms with Crippen molar-refractivity contribution in [1.82, 2.24) is 0 Å². The number of halogens is 2. The van der Waals surface area contributed by atoms with Crippen LogP contribution < -0.4 is 9.47 Å². The quantitative estimate of drug-likeness (QED) is 0.474. The van der Waals surface area contributed by atoms with Gasteiger partial charge in [-0.2, -0.15) is 0 Å². The molecular formula is C22H24Br2O4. The predicted octanol–water partition coefficient (Wildman–Crippen LogP) is 5.95. The van der Waals surface area contributed by atoms with Crippen molar-refractivity contribution in [3.63, 3.8) is 0 Å². The summed E-state index contributed by atoms with van der Waals surface area (Å²) in [5.74, 6) is 1.63. The molecule has 28 heavy (non-hydrogen) atoms. The lowest BCUT2D eigenvalue weighted by atomic mass is 9.81. The Labute approximate surface area is 182 Å². The Kier molecular flexibility index (Phi) is 5.95. The van der Waals surface area contributed by atoms with Crippen LogP contribution in [0.15, 0.2) is 45.3 Å². The van der Waals surface area contributed by atoms with Gasteiger partial charge in [0.15, 0.2) is 5.78 Å². The molecule has 0 aliphatic carbocycles. The van der Waals surface area contributed by atoms with E-state index in [1.165, 1.54) is 0 Å². The fourth-order valence-electron chi connectivity index (χ4n) is 3.11. The number of hydrogen-bond donors (Lipinski definition) is 1. The molecule has 0 saturated carbocycles. The highest BCUT2D eigenvalue weighted by Gasteiger charge is 2.36. The van der Waals surface area contributed by atoms with E-state index in [0.29, 0.717) is 24.5 Å². The van der Waals surface area contributed by atoms with Crippen LogP contribution in [-0.2, 0) is 0 Å². The first-order valence-electron chi connectivity index (χ1n) is 9.09. The van der Waals surface area contributed by atoms with Gasteiger partial charge < -0.3 is 14.6 Å².